The normalized spacial score (nSPS) is 10.8. The average molecular weight is 286 g/mol. The number of phenolic OH excluding ortho intramolecular Hbond substituents is 1. The molecule has 0 saturated heterocycles. The van der Waals surface area contributed by atoms with E-state index in [0.29, 0.717) is 23.2 Å². The summed E-state index contributed by atoms with van der Waals surface area (Å²) < 4.78 is 0. The van der Waals surface area contributed by atoms with Gasteiger partial charge in [0.2, 0.25) is 0 Å². The zero-order valence-electron chi connectivity index (χ0n) is 12.1. The first-order chi connectivity index (χ1) is 10.0. The Morgan fingerprint density at radius 2 is 2.05 bits per heavy atom. The highest BCUT2D eigenvalue weighted by Gasteiger charge is 2.18. The molecule has 0 atom stereocenters. The van der Waals surface area contributed by atoms with Crippen LogP contribution in [-0.2, 0) is 0 Å². The SMILES string of the molecule is CC(C)CCNC(=O)c1cc2ccccc2c(N=O)c1O. The monoisotopic (exact) mass is 286 g/mol. The number of aromatic hydroxyl groups is 1. The fraction of sp³-hybridized carbons (Fsp3) is 0.312. The molecule has 0 unspecified atom stereocenters. The van der Waals surface area contributed by atoms with Crippen molar-refractivity contribution < 1.29 is 9.90 Å². The van der Waals surface area contributed by atoms with Crippen molar-refractivity contribution in [1.82, 2.24) is 5.32 Å². The molecule has 0 aliphatic rings. The van der Waals surface area contributed by atoms with E-state index >= 15 is 0 Å². The summed E-state index contributed by atoms with van der Waals surface area (Å²) >= 11 is 0. The lowest BCUT2D eigenvalue weighted by molar-refractivity contribution is 0.0949. The second-order valence-corrected chi connectivity index (χ2v) is 5.37. The molecule has 2 rings (SSSR count). The Bertz CT molecular complexity index is 681. The van der Waals surface area contributed by atoms with Crippen LogP contribution in [0.5, 0.6) is 5.75 Å². The Balaban J connectivity index is 2.37. The molecule has 2 N–H and O–H groups in total. The van der Waals surface area contributed by atoms with Crippen LogP contribution in [0.2, 0.25) is 0 Å². The van der Waals surface area contributed by atoms with E-state index in [4.69, 9.17) is 0 Å². The van der Waals surface area contributed by atoms with Crippen LogP contribution in [0.15, 0.2) is 35.5 Å². The molecule has 0 saturated carbocycles. The van der Waals surface area contributed by atoms with Gasteiger partial charge in [-0.3, -0.25) is 4.79 Å². The van der Waals surface area contributed by atoms with E-state index in [9.17, 15) is 14.8 Å². The first-order valence-corrected chi connectivity index (χ1v) is 6.91. The third-order valence-corrected chi connectivity index (χ3v) is 3.34. The zero-order chi connectivity index (χ0) is 15.4. The lowest BCUT2D eigenvalue weighted by Gasteiger charge is -2.11. The number of amides is 1. The van der Waals surface area contributed by atoms with Gasteiger partial charge in [-0.1, -0.05) is 38.1 Å². The molecule has 0 spiro atoms. The molecule has 0 aliphatic carbocycles. The molecule has 0 fully saturated rings. The van der Waals surface area contributed by atoms with Crippen molar-refractivity contribution in [2.45, 2.75) is 20.3 Å². The average Bonchev–Trinajstić information content (AvgIpc) is 2.46. The van der Waals surface area contributed by atoms with Gasteiger partial charge in [-0.2, -0.15) is 0 Å². The maximum atomic E-state index is 12.1. The lowest BCUT2D eigenvalue weighted by atomic mass is 10.0. The summed E-state index contributed by atoms with van der Waals surface area (Å²) in [7, 11) is 0. The summed E-state index contributed by atoms with van der Waals surface area (Å²) in [5, 5.41) is 17.0. The van der Waals surface area contributed by atoms with Crippen molar-refractivity contribution in [2.24, 2.45) is 11.1 Å². The molecule has 0 bridgehead atoms. The van der Waals surface area contributed by atoms with Gasteiger partial charge in [-0.15, -0.1) is 4.91 Å². The van der Waals surface area contributed by atoms with Crippen molar-refractivity contribution in [3.63, 3.8) is 0 Å². The van der Waals surface area contributed by atoms with E-state index in [1.165, 1.54) is 0 Å². The minimum atomic E-state index is -0.399. The number of nitrogens with zero attached hydrogens (tertiary/aromatic N) is 1. The highest BCUT2D eigenvalue weighted by atomic mass is 16.3. The number of nitroso groups, excluding NO2 is 1. The molecule has 0 aromatic heterocycles. The quantitative estimate of drug-likeness (QED) is 0.822. The minimum Gasteiger partial charge on any atom is -0.505 e. The van der Waals surface area contributed by atoms with Crippen molar-refractivity contribution >= 4 is 22.4 Å². The molecule has 1 amide bonds. The summed E-state index contributed by atoms with van der Waals surface area (Å²) in [6.07, 6.45) is 0.846. The van der Waals surface area contributed by atoms with Gasteiger partial charge in [-0.25, -0.2) is 0 Å². The molecule has 21 heavy (non-hydrogen) atoms. The van der Waals surface area contributed by atoms with E-state index in [1.54, 1.807) is 30.3 Å². The van der Waals surface area contributed by atoms with Crippen LogP contribution in [-0.4, -0.2) is 17.6 Å². The second-order valence-electron chi connectivity index (χ2n) is 5.37. The number of hydrogen-bond donors (Lipinski definition) is 2. The van der Waals surface area contributed by atoms with Crippen molar-refractivity contribution in [1.29, 1.82) is 0 Å². The first kappa shape index (κ1) is 15.0. The molecule has 0 radical (unpaired) electrons. The minimum absolute atomic E-state index is 0.0760. The van der Waals surface area contributed by atoms with Crippen LogP contribution in [0.3, 0.4) is 0 Å². The van der Waals surface area contributed by atoms with Crippen LogP contribution in [0.4, 0.5) is 5.69 Å². The molecule has 110 valence electrons. The van der Waals surface area contributed by atoms with Gasteiger partial charge in [0.15, 0.2) is 11.4 Å². The molecule has 0 aliphatic heterocycles. The highest BCUT2D eigenvalue weighted by molar-refractivity contribution is 6.06. The lowest BCUT2D eigenvalue weighted by Crippen LogP contribution is -2.25. The van der Waals surface area contributed by atoms with E-state index < -0.39 is 5.91 Å². The third-order valence-electron chi connectivity index (χ3n) is 3.34. The van der Waals surface area contributed by atoms with Gasteiger partial charge in [0.1, 0.15) is 0 Å². The Labute approximate surface area is 123 Å². The summed E-state index contributed by atoms with van der Waals surface area (Å²) in [5.74, 6) is -0.294. The summed E-state index contributed by atoms with van der Waals surface area (Å²) in [6, 6.07) is 8.58. The van der Waals surface area contributed by atoms with E-state index in [1.807, 2.05) is 0 Å². The molecule has 5 nitrogen and oxygen atoms in total. The van der Waals surface area contributed by atoms with Gasteiger partial charge >= 0.3 is 0 Å². The second kappa shape index (κ2) is 6.35. The number of nitrogens with one attached hydrogen (secondary N) is 1. The fourth-order valence-corrected chi connectivity index (χ4v) is 2.15. The van der Waals surface area contributed by atoms with Crippen molar-refractivity contribution in [3.8, 4) is 5.75 Å². The Hall–Kier alpha value is -2.43. The third kappa shape index (κ3) is 3.18. The standard InChI is InChI=1S/C16H18N2O3/c1-10(2)7-8-17-16(20)13-9-11-5-3-4-6-12(11)14(18-21)15(13)19/h3-6,9-10,19H,7-8H2,1-2H3,(H,17,20). The van der Waals surface area contributed by atoms with Gasteiger partial charge in [0, 0.05) is 11.9 Å². The van der Waals surface area contributed by atoms with E-state index in [0.717, 1.165) is 6.42 Å². The van der Waals surface area contributed by atoms with Crippen LogP contribution < -0.4 is 5.32 Å². The Morgan fingerprint density at radius 3 is 2.71 bits per heavy atom. The predicted molar refractivity (Wildman–Crippen MR) is 82.9 cm³/mol. The summed E-state index contributed by atoms with van der Waals surface area (Å²) in [4.78, 5) is 23.1. The highest BCUT2D eigenvalue weighted by Crippen LogP contribution is 2.38. The molecular formula is C16H18N2O3. The van der Waals surface area contributed by atoms with Gasteiger partial charge in [0.25, 0.3) is 5.91 Å². The number of phenols is 1. The van der Waals surface area contributed by atoms with Gasteiger partial charge < -0.3 is 10.4 Å². The molecule has 2 aromatic rings. The van der Waals surface area contributed by atoms with Gasteiger partial charge in [-0.05, 0) is 29.0 Å². The van der Waals surface area contributed by atoms with Gasteiger partial charge in [0.05, 0.1) is 5.56 Å². The predicted octanol–water partition coefficient (Wildman–Crippen LogP) is 3.72. The smallest absolute Gasteiger partial charge is 0.255 e. The maximum absolute atomic E-state index is 12.1. The number of carbonyl (C=O) groups is 1. The first-order valence-electron chi connectivity index (χ1n) is 6.91. The fourth-order valence-electron chi connectivity index (χ4n) is 2.15. The molecule has 2 aromatic carbocycles. The molecule has 0 heterocycles. The molecular weight excluding hydrogens is 268 g/mol. The van der Waals surface area contributed by atoms with Crippen LogP contribution in [0, 0.1) is 10.8 Å². The largest absolute Gasteiger partial charge is 0.505 e. The number of carbonyl (C=O) groups excluding carboxylic acids is 1. The van der Waals surface area contributed by atoms with E-state index in [-0.39, 0.29) is 17.0 Å². The summed E-state index contributed by atoms with van der Waals surface area (Å²) in [5.41, 5.74) is -0.0193. The Kier molecular flexibility index (Phi) is 4.52. The number of benzene rings is 2. The zero-order valence-corrected chi connectivity index (χ0v) is 12.1. The Morgan fingerprint density at radius 1 is 1.33 bits per heavy atom. The topological polar surface area (TPSA) is 78.8 Å². The number of fused-ring (bicyclic) bond motifs is 1. The van der Waals surface area contributed by atoms with Crippen LogP contribution in [0.25, 0.3) is 10.8 Å². The summed E-state index contributed by atoms with van der Waals surface area (Å²) in [6.45, 7) is 4.65. The van der Waals surface area contributed by atoms with E-state index in [2.05, 4.69) is 24.3 Å². The molecule has 5 heteroatoms. The maximum Gasteiger partial charge on any atom is 0.255 e. The number of hydrogen-bond acceptors (Lipinski definition) is 4. The van der Waals surface area contributed by atoms with Crippen molar-refractivity contribution in [2.75, 3.05) is 6.54 Å². The number of rotatable bonds is 5. The van der Waals surface area contributed by atoms with Crippen LogP contribution >= 0.6 is 0 Å². The van der Waals surface area contributed by atoms with Crippen LogP contribution in [0.1, 0.15) is 30.6 Å². The van der Waals surface area contributed by atoms with Crippen molar-refractivity contribution in [3.05, 3.63) is 40.8 Å².